The minimum Gasteiger partial charge on any atom is -0.354 e. The Balaban J connectivity index is 1.57. The Labute approximate surface area is 232 Å². The molecule has 0 atom stereocenters. The van der Waals surface area contributed by atoms with Gasteiger partial charge in [-0.15, -0.1) is 0 Å². The number of carbonyl (C=O) groups excluding carboxylic acids is 2. The average molecular weight is 554 g/mol. The Morgan fingerprint density at radius 3 is 2.12 bits per heavy atom. The maximum Gasteiger partial charge on any atom is 0.321 e. The summed E-state index contributed by atoms with van der Waals surface area (Å²) in [4.78, 5) is 26.8. The van der Waals surface area contributed by atoms with Gasteiger partial charge < -0.3 is 16.0 Å². The lowest BCUT2D eigenvalue weighted by Gasteiger charge is -2.18. The lowest BCUT2D eigenvalue weighted by atomic mass is 10.00. The van der Waals surface area contributed by atoms with E-state index in [2.05, 4.69) is 20.7 Å². The van der Waals surface area contributed by atoms with Gasteiger partial charge in [0.1, 0.15) is 0 Å². The normalized spacial score (nSPS) is 13.6. The number of urea groups is 1. The van der Waals surface area contributed by atoms with Crippen LogP contribution in [0.15, 0.2) is 108 Å². The highest BCUT2D eigenvalue weighted by Gasteiger charge is 2.30. The first kappa shape index (κ1) is 26.5. The zero-order chi connectivity index (χ0) is 28.3. The van der Waals surface area contributed by atoms with Crippen molar-refractivity contribution in [2.24, 2.45) is 0 Å². The molecule has 0 unspecified atom stereocenters. The van der Waals surface area contributed by atoms with Gasteiger partial charge in [-0.1, -0.05) is 48.5 Å². The molecule has 4 aromatic rings. The summed E-state index contributed by atoms with van der Waals surface area (Å²) in [5.41, 5.74) is 4.33. The molecule has 3 amide bonds. The largest absolute Gasteiger partial charge is 0.354 e. The summed E-state index contributed by atoms with van der Waals surface area (Å²) >= 11 is 0. The zero-order valence-corrected chi connectivity index (χ0v) is 22.6. The average Bonchev–Trinajstić information content (AvgIpc) is 3.30. The molecule has 40 heavy (non-hydrogen) atoms. The van der Waals surface area contributed by atoms with Gasteiger partial charge in [0.25, 0.3) is 15.9 Å². The number of rotatable bonds is 7. The van der Waals surface area contributed by atoms with Gasteiger partial charge in [0.2, 0.25) is 0 Å². The van der Waals surface area contributed by atoms with Crippen molar-refractivity contribution >= 4 is 56.0 Å². The van der Waals surface area contributed by atoms with Crippen molar-refractivity contribution in [1.82, 2.24) is 5.32 Å². The Hall–Kier alpha value is -5.09. The van der Waals surface area contributed by atoms with E-state index >= 15 is 0 Å². The van der Waals surface area contributed by atoms with E-state index in [9.17, 15) is 18.0 Å². The standard InChI is InChI=1S/C30H27N5O4S/c1-31-30(37)35(2)23-15-13-21(14-16-23)32-28(20-9-5-3-6-10-20)27-25-19-24(17-18-26(25)33-29(27)36)40(38,39)34-22-11-7-4-8-12-22/h3-19,32,34H,1-2H3,(H,31,37)(H,33,36). The van der Waals surface area contributed by atoms with Crippen LogP contribution in [0.4, 0.5) is 27.5 Å². The van der Waals surface area contributed by atoms with E-state index in [1.54, 1.807) is 74.8 Å². The van der Waals surface area contributed by atoms with Crippen LogP contribution in [0.3, 0.4) is 0 Å². The molecule has 0 saturated heterocycles. The third kappa shape index (κ3) is 5.38. The molecule has 1 aliphatic rings. The molecule has 0 bridgehead atoms. The molecule has 0 fully saturated rings. The molecule has 1 heterocycles. The van der Waals surface area contributed by atoms with E-state index in [4.69, 9.17) is 0 Å². The smallest absolute Gasteiger partial charge is 0.321 e. The van der Waals surface area contributed by atoms with Crippen LogP contribution in [0.2, 0.25) is 0 Å². The molecule has 0 saturated carbocycles. The topological polar surface area (TPSA) is 120 Å². The van der Waals surface area contributed by atoms with Crippen LogP contribution in [-0.4, -0.2) is 34.5 Å². The number of benzene rings is 4. The number of hydrogen-bond acceptors (Lipinski definition) is 5. The summed E-state index contributed by atoms with van der Waals surface area (Å²) in [5.74, 6) is -0.358. The van der Waals surface area contributed by atoms with Crippen molar-refractivity contribution in [3.8, 4) is 0 Å². The van der Waals surface area contributed by atoms with E-state index in [1.807, 2.05) is 30.3 Å². The number of para-hydroxylation sites is 1. The molecule has 1 aliphatic heterocycles. The van der Waals surface area contributed by atoms with Crippen molar-refractivity contribution in [2.75, 3.05) is 34.4 Å². The third-order valence-electron chi connectivity index (χ3n) is 6.43. The molecule has 4 N–H and O–H groups in total. The predicted molar refractivity (Wildman–Crippen MR) is 159 cm³/mol. The summed E-state index contributed by atoms with van der Waals surface area (Å²) in [5, 5.41) is 8.79. The van der Waals surface area contributed by atoms with E-state index in [-0.39, 0.29) is 16.8 Å². The minimum atomic E-state index is -3.92. The van der Waals surface area contributed by atoms with Crippen LogP contribution < -0.4 is 25.6 Å². The van der Waals surface area contributed by atoms with Crippen molar-refractivity contribution in [2.45, 2.75) is 4.90 Å². The summed E-state index contributed by atoms with van der Waals surface area (Å²) in [6.45, 7) is 0. The van der Waals surface area contributed by atoms with Crippen molar-refractivity contribution < 1.29 is 18.0 Å². The van der Waals surface area contributed by atoms with Gasteiger partial charge in [-0.3, -0.25) is 14.4 Å². The molecule has 0 radical (unpaired) electrons. The first-order valence-electron chi connectivity index (χ1n) is 12.4. The molecular weight excluding hydrogens is 526 g/mol. The highest BCUT2D eigenvalue weighted by molar-refractivity contribution is 7.92. The quantitative estimate of drug-likeness (QED) is 0.235. The summed E-state index contributed by atoms with van der Waals surface area (Å²) in [6, 6.07) is 29.4. The number of carbonyl (C=O) groups is 2. The summed E-state index contributed by atoms with van der Waals surface area (Å²) in [7, 11) is -0.692. The summed E-state index contributed by atoms with van der Waals surface area (Å²) in [6.07, 6.45) is 0. The molecule has 0 aliphatic carbocycles. The molecule has 4 aromatic carbocycles. The second-order valence-corrected chi connectivity index (χ2v) is 10.7. The SMILES string of the molecule is CNC(=O)N(C)c1ccc(NC(=C2C(=O)Nc3ccc(S(=O)(=O)Nc4ccccc4)cc32)c2ccccc2)cc1. The molecular formula is C30H27N5O4S. The zero-order valence-electron chi connectivity index (χ0n) is 21.8. The number of amides is 3. The van der Waals surface area contributed by atoms with Gasteiger partial charge >= 0.3 is 6.03 Å². The first-order valence-corrected chi connectivity index (χ1v) is 13.9. The molecule has 10 heteroatoms. The fourth-order valence-electron chi connectivity index (χ4n) is 4.36. The lowest BCUT2D eigenvalue weighted by molar-refractivity contribution is -0.110. The van der Waals surface area contributed by atoms with Crippen LogP contribution in [0.1, 0.15) is 11.1 Å². The maximum atomic E-state index is 13.3. The molecule has 0 aromatic heterocycles. The molecule has 202 valence electrons. The Bertz CT molecular complexity index is 1700. The number of fused-ring (bicyclic) bond motifs is 1. The van der Waals surface area contributed by atoms with Crippen LogP contribution in [0.5, 0.6) is 0 Å². The van der Waals surface area contributed by atoms with Gasteiger partial charge in [0.05, 0.1) is 16.2 Å². The molecule has 9 nitrogen and oxygen atoms in total. The van der Waals surface area contributed by atoms with Gasteiger partial charge in [-0.05, 0) is 60.2 Å². The number of anilines is 4. The number of hydrogen-bond donors (Lipinski definition) is 4. The number of nitrogens with one attached hydrogen (secondary N) is 4. The number of sulfonamides is 1. The predicted octanol–water partition coefficient (Wildman–Crippen LogP) is 5.20. The third-order valence-corrected chi connectivity index (χ3v) is 7.81. The summed E-state index contributed by atoms with van der Waals surface area (Å²) < 4.78 is 29.0. The molecule has 0 spiro atoms. The van der Waals surface area contributed by atoms with Crippen LogP contribution in [0.25, 0.3) is 11.3 Å². The fourth-order valence-corrected chi connectivity index (χ4v) is 5.45. The minimum absolute atomic E-state index is 0.0260. The lowest BCUT2D eigenvalue weighted by Crippen LogP contribution is -2.34. The van der Waals surface area contributed by atoms with E-state index in [1.165, 1.54) is 17.0 Å². The maximum absolute atomic E-state index is 13.3. The van der Waals surface area contributed by atoms with E-state index in [0.717, 1.165) is 5.56 Å². The van der Waals surface area contributed by atoms with Gasteiger partial charge in [0, 0.05) is 42.4 Å². The van der Waals surface area contributed by atoms with Crippen molar-refractivity contribution in [3.05, 3.63) is 114 Å². The Kier molecular flexibility index (Phi) is 7.26. The van der Waals surface area contributed by atoms with Crippen LogP contribution in [0, 0.1) is 0 Å². The van der Waals surface area contributed by atoms with E-state index in [0.29, 0.717) is 39.6 Å². The van der Waals surface area contributed by atoms with Crippen molar-refractivity contribution in [1.29, 1.82) is 0 Å². The second kappa shape index (κ2) is 11.0. The van der Waals surface area contributed by atoms with Gasteiger partial charge in [0.15, 0.2) is 0 Å². The molecule has 5 rings (SSSR count). The first-order chi connectivity index (χ1) is 19.3. The van der Waals surface area contributed by atoms with Crippen LogP contribution in [-0.2, 0) is 14.8 Å². The van der Waals surface area contributed by atoms with Crippen molar-refractivity contribution in [3.63, 3.8) is 0 Å². The highest BCUT2D eigenvalue weighted by Crippen LogP contribution is 2.39. The number of nitrogens with zero attached hydrogens (tertiary/aromatic N) is 1. The highest BCUT2D eigenvalue weighted by atomic mass is 32.2. The second-order valence-electron chi connectivity index (χ2n) is 9.04. The van der Waals surface area contributed by atoms with Crippen LogP contribution >= 0.6 is 0 Å². The Morgan fingerprint density at radius 1 is 0.825 bits per heavy atom. The monoisotopic (exact) mass is 553 g/mol. The fraction of sp³-hybridized carbons (Fsp3) is 0.0667. The van der Waals surface area contributed by atoms with E-state index < -0.39 is 10.0 Å². The van der Waals surface area contributed by atoms with Gasteiger partial charge in [-0.25, -0.2) is 13.2 Å². The Morgan fingerprint density at radius 2 is 1.48 bits per heavy atom. The van der Waals surface area contributed by atoms with Gasteiger partial charge in [-0.2, -0.15) is 0 Å².